The zero-order valence-electron chi connectivity index (χ0n) is 30.0. The van der Waals surface area contributed by atoms with Gasteiger partial charge in [0.2, 0.25) is 0 Å². The lowest BCUT2D eigenvalue weighted by molar-refractivity contribution is 0.633. The molecule has 0 bridgehead atoms. The van der Waals surface area contributed by atoms with Crippen LogP contribution in [0.5, 0.6) is 0 Å². The second-order valence-corrected chi connectivity index (χ2v) is 15.5. The lowest BCUT2D eigenvalue weighted by Gasteiger charge is -2.48. The van der Waals surface area contributed by atoms with Gasteiger partial charge in [0, 0.05) is 27.4 Å². The quantitative estimate of drug-likeness (QED) is 0.161. The van der Waals surface area contributed by atoms with Crippen molar-refractivity contribution in [2.24, 2.45) is 0 Å². The SMILES string of the molecule is c1ccc(-n2c3c4c(ccc3c3ccc5ccccc5c32)C2(c3ccccc3-4)c3ccccc3C3(c4ccccc4-c4ccccc43)c3ccccc32)cc1. The Hall–Kier alpha value is -6.96. The van der Waals surface area contributed by atoms with Gasteiger partial charge in [-0.25, -0.2) is 0 Å². The van der Waals surface area contributed by atoms with E-state index in [1.807, 2.05) is 0 Å². The molecule has 1 nitrogen and oxygen atoms in total. The highest BCUT2D eigenvalue weighted by molar-refractivity contribution is 6.22. The number of benzene rings is 9. The van der Waals surface area contributed by atoms with Crippen LogP contribution in [0.1, 0.15) is 44.5 Å². The molecule has 13 rings (SSSR count). The molecule has 0 saturated carbocycles. The minimum absolute atomic E-state index is 0.453. The molecule has 0 fully saturated rings. The first-order valence-corrected chi connectivity index (χ1v) is 19.4. The predicted octanol–water partition coefficient (Wildman–Crippen LogP) is 13.0. The Morgan fingerprint density at radius 3 is 1.33 bits per heavy atom. The maximum Gasteiger partial charge on any atom is 0.0720 e. The molecule has 0 amide bonds. The van der Waals surface area contributed by atoms with Crippen LogP contribution in [0.4, 0.5) is 0 Å². The van der Waals surface area contributed by atoms with E-state index in [9.17, 15) is 0 Å². The summed E-state index contributed by atoms with van der Waals surface area (Å²) >= 11 is 0. The van der Waals surface area contributed by atoms with E-state index in [0.717, 1.165) is 0 Å². The van der Waals surface area contributed by atoms with Crippen LogP contribution >= 0.6 is 0 Å². The number of aromatic nitrogens is 1. The zero-order chi connectivity index (χ0) is 35.9. The fraction of sp³-hybridized carbons (Fsp3) is 0.0370. The highest BCUT2D eigenvalue weighted by Crippen LogP contribution is 2.68. The monoisotopic (exact) mass is 695 g/mol. The van der Waals surface area contributed by atoms with Crippen LogP contribution in [0, 0.1) is 0 Å². The van der Waals surface area contributed by atoms with Crippen molar-refractivity contribution in [1.29, 1.82) is 0 Å². The summed E-state index contributed by atoms with van der Waals surface area (Å²) in [6, 6.07) is 75.7. The molecule has 10 aromatic rings. The smallest absolute Gasteiger partial charge is 0.0720 e. The fourth-order valence-corrected chi connectivity index (χ4v) is 11.4. The maximum absolute atomic E-state index is 2.56. The van der Waals surface area contributed by atoms with Crippen molar-refractivity contribution in [3.63, 3.8) is 0 Å². The summed E-state index contributed by atoms with van der Waals surface area (Å²) in [7, 11) is 0. The molecular formula is C54H33N. The molecule has 0 radical (unpaired) electrons. The van der Waals surface area contributed by atoms with E-state index in [-0.39, 0.29) is 0 Å². The van der Waals surface area contributed by atoms with Crippen LogP contribution in [0.25, 0.3) is 60.5 Å². The van der Waals surface area contributed by atoms with Crippen LogP contribution in [-0.2, 0) is 10.8 Å². The number of hydrogen-bond donors (Lipinski definition) is 0. The number of fused-ring (bicyclic) bond motifs is 22. The molecule has 3 aliphatic rings. The van der Waals surface area contributed by atoms with E-state index in [0.29, 0.717) is 0 Å². The third kappa shape index (κ3) is 3.34. The minimum Gasteiger partial charge on any atom is -0.308 e. The summed E-state index contributed by atoms with van der Waals surface area (Å²) in [4.78, 5) is 0. The molecule has 9 aromatic carbocycles. The van der Waals surface area contributed by atoms with Crippen LogP contribution in [0.3, 0.4) is 0 Å². The van der Waals surface area contributed by atoms with Gasteiger partial charge in [-0.3, -0.25) is 0 Å². The summed E-state index contributed by atoms with van der Waals surface area (Å²) in [6.45, 7) is 0. The topological polar surface area (TPSA) is 4.93 Å². The summed E-state index contributed by atoms with van der Waals surface area (Å²) < 4.78 is 2.56. The molecule has 0 unspecified atom stereocenters. The van der Waals surface area contributed by atoms with Crippen molar-refractivity contribution in [3.05, 3.63) is 245 Å². The summed E-state index contributed by atoms with van der Waals surface area (Å²) in [5.41, 5.74) is 18.9. The predicted molar refractivity (Wildman–Crippen MR) is 226 cm³/mol. The largest absolute Gasteiger partial charge is 0.308 e. The maximum atomic E-state index is 2.56. The molecule has 1 heterocycles. The first-order valence-electron chi connectivity index (χ1n) is 19.4. The molecule has 55 heavy (non-hydrogen) atoms. The average molecular weight is 696 g/mol. The molecular weight excluding hydrogens is 663 g/mol. The highest BCUT2D eigenvalue weighted by atomic mass is 15.0. The van der Waals surface area contributed by atoms with Gasteiger partial charge in [0.05, 0.1) is 21.9 Å². The van der Waals surface area contributed by atoms with Gasteiger partial charge in [0.15, 0.2) is 0 Å². The summed E-state index contributed by atoms with van der Waals surface area (Å²) in [5.74, 6) is 0. The third-order valence-corrected chi connectivity index (χ3v) is 13.3. The van der Waals surface area contributed by atoms with Gasteiger partial charge in [-0.15, -0.1) is 0 Å². The van der Waals surface area contributed by atoms with Crippen LogP contribution in [0.2, 0.25) is 0 Å². The second-order valence-electron chi connectivity index (χ2n) is 15.5. The van der Waals surface area contributed by atoms with E-state index in [4.69, 9.17) is 0 Å². The van der Waals surface area contributed by atoms with Crippen molar-refractivity contribution >= 4 is 32.6 Å². The van der Waals surface area contributed by atoms with Crippen LogP contribution in [-0.4, -0.2) is 4.57 Å². The van der Waals surface area contributed by atoms with Gasteiger partial charge >= 0.3 is 0 Å². The third-order valence-electron chi connectivity index (χ3n) is 13.3. The molecule has 0 N–H and O–H groups in total. The summed E-state index contributed by atoms with van der Waals surface area (Å²) in [5, 5.41) is 5.08. The number of nitrogens with zero attached hydrogens (tertiary/aromatic N) is 1. The van der Waals surface area contributed by atoms with Crippen LogP contribution < -0.4 is 0 Å². The standard InChI is InChI=1S/C54H33N/c1-2-17-35(18-3-1)55-51-36-19-5-4-16-34(36)30-31-39(51)40-32-33-49-50(52(40)55)41-22-8-11-25-44(41)54(49)47-28-14-12-26-45(47)53(46-27-13-15-29-48(46)54)42-23-9-6-20-37(42)38-21-7-10-24-43(38)53/h1-33H. The van der Waals surface area contributed by atoms with Gasteiger partial charge in [-0.2, -0.15) is 0 Å². The molecule has 0 aliphatic heterocycles. The number of hydrogen-bond acceptors (Lipinski definition) is 0. The Labute approximate surface area is 319 Å². The van der Waals surface area contributed by atoms with Gasteiger partial charge in [-0.1, -0.05) is 188 Å². The lowest BCUT2D eigenvalue weighted by Crippen LogP contribution is -2.43. The van der Waals surface area contributed by atoms with Crippen molar-refractivity contribution in [3.8, 4) is 27.9 Å². The van der Waals surface area contributed by atoms with Gasteiger partial charge in [0.25, 0.3) is 0 Å². The Balaban J connectivity index is 1.24. The molecule has 1 aromatic heterocycles. The highest BCUT2D eigenvalue weighted by Gasteiger charge is 2.59. The number of rotatable bonds is 1. The first kappa shape index (κ1) is 29.5. The van der Waals surface area contributed by atoms with E-state index in [2.05, 4.69) is 205 Å². The molecule has 0 atom stereocenters. The van der Waals surface area contributed by atoms with Crippen molar-refractivity contribution in [1.82, 2.24) is 4.57 Å². The van der Waals surface area contributed by atoms with E-state index < -0.39 is 10.8 Å². The number of para-hydroxylation sites is 1. The normalized spacial score (nSPS) is 14.8. The second kappa shape index (κ2) is 10.4. The van der Waals surface area contributed by atoms with E-state index in [1.54, 1.807) is 0 Å². The van der Waals surface area contributed by atoms with Gasteiger partial charge in [-0.05, 0) is 78.7 Å². The van der Waals surface area contributed by atoms with Gasteiger partial charge in [0.1, 0.15) is 0 Å². The minimum atomic E-state index is -0.537. The molecule has 254 valence electrons. The van der Waals surface area contributed by atoms with Gasteiger partial charge < -0.3 is 4.57 Å². The lowest BCUT2D eigenvalue weighted by atomic mass is 9.52. The summed E-state index contributed by atoms with van der Waals surface area (Å²) in [6.07, 6.45) is 0. The zero-order valence-corrected chi connectivity index (χ0v) is 30.0. The Bertz CT molecular complexity index is 3170. The Morgan fingerprint density at radius 2 is 0.709 bits per heavy atom. The van der Waals surface area contributed by atoms with Crippen molar-refractivity contribution in [2.75, 3.05) is 0 Å². The fourth-order valence-electron chi connectivity index (χ4n) is 11.4. The van der Waals surface area contributed by atoms with Crippen LogP contribution in [0.15, 0.2) is 200 Å². The van der Waals surface area contributed by atoms with Crippen molar-refractivity contribution in [2.45, 2.75) is 10.8 Å². The average Bonchev–Trinajstić information content (AvgIpc) is 3.87. The Kier molecular flexibility index (Phi) is 5.56. The molecule has 1 heteroatoms. The van der Waals surface area contributed by atoms with Crippen molar-refractivity contribution < 1.29 is 0 Å². The molecule has 2 spiro atoms. The molecule has 3 aliphatic carbocycles. The Morgan fingerprint density at radius 1 is 0.273 bits per heavy atom. The first-order chi connectivity index (χ1) is 27.3. The van der Waals surface area contributed by atoms with E-state index >= 15 is 0 Å². The molecule has 0 saturated heterocycles. The van der Waals surface area contributed by atoms with E-state index in [1.165, 1.54) is 105 Å².